The molecular weight excluding hydrogens is 899 g/mol. The SMILES string of the molecule is CC[C@H]1OC(=O)[C@H](C)C(=O)[C@H](C)[C@@H](O[C@@H]2OC(Cn3cc(-c4ccccn4)nn3)CC(N(C)C)C2O)[C@](C)(OC)C[C@@H](C)CN[C@H](C)[C@H]2N(CCCCn3cc(-c4cccc(N)c4)nn3)C(=O)O[C@]12C. The molecule has 382 valence electrons. The van der Waals surface area contributed by atoms with Crippen molar-refractivity contribution in [2.75, 3.05) is 40.0 Å². The van der Waals surface area contributed by atoms with Crippen LogP contribution in [0.15, 0.2) is 61.1 Å². The van der Waals surface area contributed by atoms with Gasteiger partial charge in [-0.05, 0) is 111 Å². The molecule has 1 aromatic carbocycles. The number of likely N-dealkylation sites (N-methyl/N-ethyl adjacent to an activating group) is 1. The lowest BCUT2D eigenvalue weighted by atomic mass is 9.78. The molecule has 0 radical (unpaired) electrons. The molecule has 3 fully saturated rings. The number of nitrogens with two attached hydrogens (primary N) is 1. The van der Waals surface area contributed by atoms with Gasteiger partial charge < -0.3 is 44.7 Å². The lowest BCUT2D eigenvalue weighted by molar-refractivity contribution is -0.299. The summed E-state index contributed by atoms with van der Waals surface area (Å²) in [7, 11) is 5.35. The van der Waals surface area contributed by atoms with E-state index < -0.39 is 77.6 Å². The lowest BCUT2D eigenvalue weighted by Gasteiger charge is -2.47. The van der Waals surface area contributed by atoms with E-state index in [1.165, 1.54) is 6.92 Å². The number of amides is 1. The first-order chi connectivity index (χ1) is 33.3. The average molecular weight is 972 g/mol. The van der Waals surface area contributed by atoms with Crippen LogP contribution in [0, 0.1) is 17.8 Å². The molecule has 0 saturated carbocycles. The molecule has 3 aromatic heterocycles. The van der Waals surface area contributed by atoms with Crippen LogP contribution >= 0.6 is 0 Å². The molecular formula is C50H73N11O9. The highest BCUT2D eigenvalue weighted by Crippen LogP contribution is 2.40. The van der Waals surface area contributed by atoms with E-state index in [0.717, 1.165) is 11.3 Å². The summed E-state index contributed by atoms with van der Waals surface area (Å²) >= 11 is 0. The van der Waals surface area contributed by atoms with Crippen molar-refractivity contribution in [3.05, 3.63) is 61.1 Å². The molecule has 0 aliphatic carbocycles. The van der Waals surface area contributed by atoms with Crippen LogP contribution < -0.4 is 11.1 Å². The highest BCUT2D eigenvalue weighted by atomic mass is 16.7. The molecule has 3 aliphatic rings. The monoisotopic (exact) mass is 972 g/mol. The summed E-state index contributed by atoms with van der Waals surface area (Å²) in [5, 5.41) is 32.9. The Labute approximate surface area is 410 Å². The number of aliphatic hydroxyl groups is 1. The summed E-state index contributed by atoms with van der Waals surface area (Å²) in [6.07, 6.45) is 2.74. The number of cyclic esters (lactones) is 1. The normalized spacial score (nSPS) is 32.5. The number of unbranched alkanes of at least 4 members (excludes halogenated alkanes) is 1. The first kappa shape index (κ1) is 52.4. The van der Waals surface area contributed by atoms with Crippen molar-refractivity contribution < 1.29 is 43.2 Å². The van der Waals surface area contributed by atoms with Crippen molar-refractivity contribution in [3.8, 4) is 22.6 Å². The molecule has 6 heterocycles. The maximum atomic E-state index is 14.7. The number of aryl methyl sites for hydroxylation is 1. The number of carbonyl (C=O) groups is 3. The maximum Gasteiger partial charge on any atom is 0.410 e. The van der Waals surface area contributed by atoms with Crippen LogP contribution in [0.3, 0.4) is 0 Å². The maximum absolute atomic E-state index is 14.7. The number of hydrogen-bond acceptors (Lipinski definition) is 17. The molecule has 3 saturated heterocycles. The van der Waals surface area contributed by atoms with Crippen LogP contribution in [0.5, 0.6) is 0 Å². The van der Waals surface area contributed by atoms with Gasteiger partial charge in [-0.15, -0.1) is 10.2 Å². The fourth-order valence-electron chi connectivity index (χ4n) is 10.7. The van der Waals surface area contributed by atoms with Gasteiger partial charge in [-0.1, -0.05) is 49.4 Å². The van der Waals surface area contributed by atoms with Gasteiger partial charge in [0.1, 0.15) is 29.5 Å². The smallest absolute Gasteiger partial charge is 0.410 e. The predicted octanol–water partition coefficient (Wildman–Crippen LogP) is 4.62. The van der Waals surface area contributed by atoms with Crippen LogP contribution in [0.2, 0.25) is 0 Å². The summed E-state index contributed by atoms with van der Waals surface area (Å²) in [6.45, 7) is 14.7. The standard InChI is InChI=1S/C50H73N11O9/c1-11-41-50(7)44(61(48(65)70-50)22-15-14-21-59-28-38(54-56-59)34-17-16-18-35(51)23-34)33(5)53-26-30(2)25-49(6,66-10)45(31(3)42(62)32(4)46(64)68-41)69-47-43(63)40(58(8)9)24-36(67-47)27-60-29-39(55-57-60)37-19-12-13-20-52-37/h12-13,16-20,23,28-33,36,40-41,43-45,47,53,63H,11,14-15,21-22,24-27,51H2,1-10H3/t30-,31+,32-,33-,36?,40?,41-,43?,44-,45-,47+,49-,50-/m1/s1. The number of pyridine rings is 1. The van der Waals surface area contributed by atoms with E-state index in [9.17, 15) is 19.5 Å². The molecule has 3 aliphatic heterocycles. The second-order valence-corrected chi connectivity index (χ2v) is 20.1. The number of hydrogen-bond donors (Lipinski definition) is 3. The number of rotatable bonds is 14. The van der Waals surface area contributed by atoms with Gasteiger partial charge in [0, 0.05) is 55.6 Å². The molecule has 4 aromatic rings. The number of methoxy groups -OCH3 is 1. The third-order valence-corrected chi connectivity index (χ3v) is 14.6. The van der Waals surface area contributed by atoms with Crippen molar-refractivity contribution in [2.24, 2.45) is 17.8 Å². The third kappa shape index (κ3) is 11.5. The number of nitrogens with zero attached hydrogens (tertiary/aromatic N) is 9. The largest absolute Gasteiger partial charge is 0.458 e. The number of aromatic nitrogens is 7. The number of anilines is 1. The molecule has 0 spiro atoms. The van der Waals surface area contributed by atoms with E-state index in [4.69, 9.17) is 29.4 Å². The van der Waals surface area contributed by atoms with E-state index >= 15 is 0 Å². The summed E-state index contributed by atoms with van der Waals surface area (Å²) in [6, 6.07) is 11.8. The van der Waals surface area contributed by atoms with E-state index in [1.54, 1.807) is 40.7 Å². The number of esters is 1. The average Bonchev–Trinajstić information content (AvgIpc) is 4.08. The Morgan fingerprint density at radius 2 is 1.69 bits per heavy atom. The number of ketones is 1. The first-order valence-electron chi connectivity index (χ1n) is 24.6. The van der Waals surface area contributed by atoms with Crippen LogP contribution in [0.1, 0.15) is 80.6 Å². The zero-order valence-corrected chi connectivity index (χ0v) is 42.3. The van der Waals surface area contributed by atoms with Crippen LogP contribution in [-0.4, -0.2) is 162 Å². The predicted molar refractivity (Wildman–Crippen MR) is 260 cm³/mol. The van der Waals surface area contributed by atoms with E-state index in [0.29, 0.717) is 75.4 Å². The van der Waals surface area contributed by atoms with Crippen molar-refractivity contribution in [2.45, 2.75) is 154 Å². The Hall–Kier alpha value is -5.38. The number of benzene rings is 1. The number of carbonyl (C=O) groups excluding carboxylic acids is 3. The van der Waals surface area contributed by atoms with Crippen molar-refractivity contribution in [1.29, 1.82) is 0 Å². The van der Waals surface area contributed by atoms with E-state index in [-0.39, 0.29) is 18.0 Å². The van der Waals surface area contributed by atoms with E-state index in [2.05, 4.69) is 37.8 Å². The minimum atomic E-state index is -1.27. The van der Waals surface area contributed by atoms with Gasteiger partial charge in [0.25, 0.3) is 0 Å². The first-order valence-corrected chi connectivity index (χ1v) is 24.6. The van der Waals surface area contributed by atoms with Gasteiger partial charge in [-0.25, -0.2) is 9.48 Å². The van der Waals surface area contributed by atoms with Crippen LogP contribution in [-0.2, 0) is 46.4 Å². The summed E-state index contributed by atoms with van der Waals surface area (Å²) in [5.74, 6) is -3.42. The second kappa shape index (κ2) is 22.4. The van der Waals surface area contributed by atoms with Gasteiger partial charge in [-0.3, -0.25) is 24.2 Å². The Kier molecular flexibility index (Phi) is 16.8. The number of Topliss-reactive ketones (excluding diaryl/α,β-unsaturated/α-hetero) is 1. The quantitative estimate of drug-likeness (QED) is 0.0677. The Balaban J connectivity index is 1.10. The molecule has 1 amide bonds. The minimum Gasteiger partial charge on any atom is -0.458 e. The van der Waals surface area contributed by atoms with Gasteiger partial charge in [0.15, 0.2) is 17.7 Å². The zero-order chi connectivity index (χ0) is 50.5. The van der Waals surface area contributed by atoms with Crippen molar-refractivity contribution >= 4 is 23.5 Å². The summed E-state index contributed by atoms with van der Waals surface area (Å²) in [4.78, 5) is 51.0. The fraction of sp³-hybridized carbons (Fsp3) is 0.640. The number of ether oxygens (including phenoxy) is 5. The summed E-state index contributed by atoms with van der Waals surface area (Å²) in [5.41, 5.74) is 7.12. The highest BCUT2D eigenvalue weighted by molar-refractivity contribution is 6.00. The van der Waals surface area contributed by atoms with Crippen LogP contribution in [0.25, 0.3) is 22.6 Å². The van der Waals surface area contributed by atoms with Crippen molar-refractivity contribution in [1.82, 2.24) is 50.1 Å². The zero-order valence-electron chi connectivity index (χ0n) is 42.3. The highest BCUT2D eigenvalue weighted by Gasteiger charge is 2.59. The molecule has 4 N–H and O–H groups in total. The Morgan fingerprint density at radius 3 is 2.39 bits per heavy atom. The molecule has 0 bridgehead atoms. The lowest BCUT2D eigenvalue weighted by Crippen LogP contribution is -2.61. The van der Waals surface area contributed by atoms with Gasteiger partial charge in [0.2, 0.25) is 0 Å². The number of aliphatic hydroxyl groups excluding tert-OH is 1. The number of nitrogens with one attached hydrogen (secondary N) is 1. The Bertz CT molecular complexity index is 2380. The molecule has 3 unspecified atom stereocenters. The Morgan fingerprint density at radius 1 is 0.957 bits per heavy atom. The number of nitrogen functional groups attached to an aromatic ring is 1. The topological polar surface area (TPSA) is 236 Å². The van der Waals surface area contributed by atoms with Gasteiger partial charge in [0.05, 0.1) is 48.5 Å². The minimum absolute atomic E-state index is 0.0686. The van der Waals surface area contributed by atoms with Gasteiger partial charge >= 0.3 is 12.1 Å². The molecule has 20 nitrogen and oxygen atoms in total. The second-order valence-electron chi connectivity index (χ2n) is 20.1. The molecule has 20 heteroatoms. The third-order valence-electron chi connectivity index (χ3n) is 14.6. The molecule has 70 heavy (non-hydrogen) atoms. The molecule has 7 rings (SSSR count). The number of fused-ring (bicyclic) bond motifs is 1. The fourth-order valence-corrected chi connectivity index (χ4v) is 10.7. The van der Waals surface area contributed by atoms with Gasteiger partial charge in [-0.2, -0.15) is 0 Å². The van der Waals surface area contributed by atoms with Crippen molar-refractivity contribution in [3.63, 3.8) is 0 Å². The molecule has 13 atom stereocenters. The van der Waals surface area contributed by atoms with Crippen LogP contribution in [0.4, 0.5) is 10.5 Å². The van der Waals surface area contributed by atoms with E-state index in [1.807, 2.05) is 95.4 Å². The summed E-state index contributed by atoms with van der Waals surface area (Å²) < 4.78 is 35.8.